The second-order valence-corrected chi connectivity index (χ2v) is 6.14. The number of nitrogens with zero attached hydrogens (tertiary/aromatic N) is 5. The molecule has 6 nitrogen and oxygen atoms in total. The van der Waals surface area contributed by atoms with Crippen molar-refractivity contribution in [2.45, 2.75) is 18.9 Å². The minimum absolute atomic E-state index is 0.344. The van der Waals surface area contributed by atoms with Gasteiger partial charge in [-0.15, -0.1) is 0 Å². The molecule has 1 saturated heterocycles. The number of imidazole rings is 1. The zero-order chi connectivity index (χ0) is 15.8. The number of nitrogens with one attached hydrogen (secondary N) is 1. The van der Waals surface area contributed by atoms with Gasteiger partial charge in [-0.25, -0.2) is 15.0 Å². The van der Waals surface area contributed by atoms with E-state index in [2.05, 4.69) is 68.1 Å². The van der Waals surface area contributed by atoms with E-state index in [4.69, 9.17) is 0 Å². The summed E-state index contributed by atoms with van der Waals surface area (Å²) >= 11 is 0. The molecule has 4 rings (SSSR count). The molecular weight excluding hydrogens is 288 g/mol. The van der Waals surface area contributed by atoms with Gasteiger partial charge in [0.1, 0.15) is 11.8 Å². The average Bonchev–Trinajstić information content (AvgIpc) is 3.23. The predicted octanol–water partition coefficient (Wildman–Crippen LogP) is 2.76. The standard InChI is InChI=1S/C17H20N6/c1-22(2)13-6-3-5-12(9-13)14-7-4-8-23(14)17-15-16(19-10-18-15)20-11-21-17/h3,5-6,9-11,14H,4,7-8H2,1-2H3,(H,18,19,20,21)/t14-/m0/s1. The van der Waals surface area contributed by atoms with Crippen LogP contribution >= 0.6 is 0 Å². The fourth-order valence-electron chi connectivity index (χ4n) is 3.35. The van der Waals surface area contributed by atoms with Crippen molar-refractivity contribution >= 4 is 22.7 Å². The molecule has 6 heteroatoms. The second-order valence-electron chi connectivity index (χ2n) is 6.14. The number of rotatable bonds is 3. The van der Waals surface area contributed by atoms with Gasteiger partial charge in [-0.1, -0.05) is 12.1 Å². The Kier molecular flexibility index (Phi) is 3.37. The van der Waals surface area contributed by atoms with Gasteiger partial charge in [0.25, 0.3) is 0 Å². The van der Waals surface area contributed by atoms with Crippen molar-refractivity contribution < 1.29 is 0 Å². The second kappa shape index (κ2) is 5.53. The lowest BCUT2D eigenvalue weighted by atomic mass is 10.0. The lowest BCUT2D eigenvalue weighted by Gasteiger charge is -2.27. The number of benzene rings is 1. The SMILES string of the molecule is CN(C)c1cccc([C@@H]2CCCN2c2ncnc3nc[nH]c23)c1. The first-order valence-electron chi connectivity index (χ1n) is 7.92. The Hall–Kier alpha value is -2.63. The Morgan fingerprint density at radius 2 is 2.13 bits per heavy atom. The van der Waals surface area contributed by atoms with Gasteiger partial charge >= 0.3 is 0 Å². The quantitative estimate of drug-likeness (QED) is 0.806. The van der Waals surface area contributed by atoms with Crippen LogP contribution in [0.25, 0.3) is 11.2 Å². The largest absolute Gasteiger partial charge is 0.378 e. The highest BCUT2D eigenvalue weighted by atomic mass is 15.2. The summed E-state index contributed by atoms with van der Waals surface area (Å²) in [5.41, 5.74) is 4.20. The third-order valence-electron chi connectivity index (χ3n) is 4.50. The van der Waals surface area contributed by atoms with E-state index in [0.717, 1.165) is 36.4 Å². The molecule has 1 aliphatic heterocycles. The molecule has 0 amide bonds. The van der Waals surface area contributed by atoms with Gasteiger partial charge in [-0.05, 0) is 30.5 Å². The molecular formula is C17H20N6. The minimum Gasteiger partial charge on any atom is -0.378 e. The lowest BCUT2D eigenvalue weighted by molar-refractivity contribution is 0.712. The molecule has 118 valence electrons. The maximum Gasteiger partial charge on any atom is 0.182 e. The highest BCUT2D eigenvalue weighted by molar-refractivity contribution is 5.83. The van der Waals surface area contributed by atoms with E-state index >= 15 is 0 Å². The maximum atomic E-state index is 4.53. The summed E-state index contributed by atoms with van der Waals surface area (Å²) < 4.78 is 0. The number of H-pyrrole nitrogens is 1. The molecule has 0 bridgehead atoms. The van der Waals surface area contributed by atoms with Crippen LogP contribution in [0.5, 0.6) is 0 Å². The summed E-state index contributed by atoms with van der Waals surface area (Å²) in [5, 5.41) is 0. The fraction of sp³-hybridized carbons (Fsp3) is 0.353. The molecule has 23 heavy (non-hydrogen) atoms. The first-order valence-corrected chi connectivity index (χ1v) is 7.92. The fourth-order valence-corrected chi connectivity index (χ4v) is 3.35. The smallest absolute Gasteiger partial charge is 0.182 e. The number of aromatic nitrogens is 4. The predicted molar refractivity (Wildman–Crippen MR) is 91.8 cm³/mol. The van der Waals surface area contributed by atoms with Gasteiger partial charge in [-0.3, -0.25) is 0 Å². The summed E-state index contributed by atoms with van der Waals surface area (Å²) in [7, 11) is 4.15. The molecule has 0 unspecified atom stereocenters. The Labute approximate surface area is 135 Å². The number of hydrogen-bond acceptors (Lipinski definition) is 5. The maximum absolute atomic E-state index is 4.53. The Bertz CT molecular complexity index is 825. The molecule has 1 aliphatic rings. The number of anilines is 2. The summed E-state index contributed by atoms with van der Waals surface area (Å²) in [6.45, 7) is 1.00. The Morgan fingerprint density at radius 3 is 3.00 bits per heavy atom. The molecule has 0 radical (unpaired) electrons. The van der Waals surface area contributed by atoms with Gasteiger partial charge in [0.2, 0.25) is 0 Å². The van der Waals surface area contributed by atoms with E-state index < -0.39 is 0 Å². The first kappa shape index (κ1) is 14.0. The molecule has 0 aliphatic carbocycles. The zero-order valence-electron chi connectivity index (χ0n) is 13.4. The summed E-state index contributed by atoms with van der Waals surface area (Å²) in [4.78, 5) is 20.7. The molecule has 3 heterocycles. The highest BCUT2D eigenvalue weighted by Crippen LogP contribution is 2.37. The highest BCUT2D eigenvalue weighted by Gasteiger charge is 2.29. The van der Waals surface area contributed by atoms with Gasteiger partial charge in [0, 0.05) is 26.3 Å². The van der Waals surface area contributed by atoms with Crippen LogP contribution in [0.15, 0.2) is 36.9 Å². The van der Waals surface area contributed by atoms with Crippen LogP contribution in [0.3, 0.4) is 0 Å². The van der Waals surface area contributed by atoms with Gasteiger partial charge in [0.05, 0.1) is 12.4 Å². The molecule has 2 aromatic heterocycles. The average molecular weight is 308 g/mol. The van der Waals surface area contributed by atoms with Gasteiger partial charge < -0.3 is 14.8 Å². The topological polar surface area (TPSA) is 60.9 Å². The van der Waals surface area contributed by atoms with Crippen LogP contribution in [0.4, 0.5) is 11.5 Å². The van der Waals surface area contributed by atoms with Crippen molar-refractivity contribution in [1.82, 2.24) is 19.9 Å². The van der Waals surface area contributed by atoms with E-state index in [1.54, 1.807) is 12.7 Å². The summed E-state index contributed by atoms with van der Waals surface area (Å²) in [6.07, 6.45) is 5.58. The zero-order valence-corrected chi connectivity index (χ0v) is 13.4. The van der Waals surface area contributed by atoms with E-state index in [-0.39, 0.29) is 0 Å². The Balaban J connectivity index is 1.75. The van der Waals surface area contributed by atoms with E-state index in [0.29, 0.717) is 6.04 Å². The molecule has 0 saturated carbocycles. The van der Waals surface area contributed by atoms with Gasteiger partial charge in [-0.2, -0.15) is 0 Å². The van der Waals surface area contributed by atoms with Crippen molar-refractivity contribution in [2.24, 2.45) is 0 Å². The monoisotopic (exact) mass is 308 g/mol. The molecule has 1 fully saturated rings. The third kappa shape index (κ3) is 2.40. The van der Waals surface area contributed by atoms with Crippen LogP contribution in [-0.4, -0.2) is 40.6 Å². The first-order chi connectivity index (χ1) is 11.2. The molecule has 1 atom stereocenters. The number of hydrogen-bond donors (Lipinski definition) is 1. The number of fused-ring (bicyclic) bond motifs is 1. The van der Waals surface area contributed by atoms with Crippen molar-refractivity contribution in [2.75, 3.05) is 30.4 Å². The normalized spacial score (nSPS) is 17.8. The van der Waals surface area contributed by atoms with E-state index in [1.807, 2.05) is 0 Å². The lowest BCUT2D eigenvalue weighted by Crippen LogP contribution is -2.24. The molecule has 1 N–H and O–H groups in total. The van der Waals surface area contributed by atoms with E-state index in [9.17, 15) is 0 Å². The molecule has 1 aromatic carbocycles. The van der Waals surface area contributed by atoms with Crippen molar-refractivity contribution in [3.05, 3.63) is 42.5 Å². The van der Waals surface area contributed by atoms with Crippen LogP contribution in [-0.2, 0) is 0 Å². The van der Waals surface area contributed by atoms with Crippen LogP contribution < -0.4 is 9.80 Å². The molecule has 3 aromatic rings. The minimum atomic E-state index is 0.344. The van der Waals surface area contributed by atoms with Crippen LogP contribution in [0, 0.1) is 0 Å². The van der Waals surface area contributed by atoms with Crippen LogP contribution in [0.2, 0.25) is 0 Å². The third-order valence-corrected chi connectivity index (χ3v) is 4.50. The van der Waals surface area contributed by atoms with E-state index in [1.165, 1.54) is 11.3 Å². The summed E-state index contributed by atoms with van der Waals surface area (Å²) in [6, 6.07) is 9.10. The number of aromatic amines is 1. The van der Waals surface area contributed by atoms with Crippen molar-refractivity contribution in [1.29, 1.82) is 0 Å². The molecule has 0 spiro atoms. The van der Waals surface area contributed by atoms with Crippen molar-refractivity contribution in [3.8, 4) is 0 Å². The van der Waals surface area contributed by atoms with Gasteiger partial charge in [0.15, 0.2) is 11.5 Å². The summed E-state index contributed by atoms with van der Waals surface area (Å²) in [5.74, 6) is 0.949. The van der Waals surface area contributed by atoms with Crippen molar-refractivity contribution in [3.63, 3.8) is 0 Å². The Morgan fingerprint density at radius 1 is 1.22 bits per heavy atom. The van der Waals surface area contributed by atoms with Crippen LogP contribution in [0.1, 0.15) is 24.4 Å².